The van der Waals surface area contributed by atoms with E-state index in [9.17, 15) is 23.1 Å². The predicted molar refractivity (Wildman–Crippen MR) is 75.1 cm³/mol. The van der Waals surface area contributed by atoms with Gasteiger partial charge < -0.3 is 15.2 Å². The third-order valence-corrected chi connectivity index (χ3v) is 2.87. The second kappa shape index (κ2) is 8.14. The lowest BCUT2D eigenvalue weighted by atomic mass is 10.1. The number of aliphatic hydroxyl groups excluding tert-OH is 1. The van der Waals surface area contributed by atoms with Crippen LogP contribution in [0.25, 0.3) is 0 Å². The summed E-state index contributed by atoms with van der Waals surface area (Å²) in [6.07, 6.45) is -5.51. The Labute approximate surface area is 127 Å². The van der Waals surface area contributed by atoms with E-state index in [0.29, 0.717) is 0 Å². The van der Waals surface area contributed by atoms with Crippen LogP contribution in [0, 0.1) is 0 Å². The van der Waals surface area contributed by atoms with Gasteiger partial charge in [-0.3, -0.25) is 4.79 Å². The molecular formula is C15H20F3NO3. The van der Waals surface area contributed by atoms with Gasteiger partial charge in [-0.1, -0.05) is 12.1 Å². The molecule has 22 heavy (non-hydrogen) atoms. The number of carbonyl (C=O) groups is 1. The van der Waals surface area contributed by atoms with Crippen LogP contribution in [-0.4, -0.2) is 30.3 Å². The molecule has 4 nitrogen and oxygen atoms in total. The summed E-state index contributed by atoms with van der Waals surface area (Å²) >= 11 is 0. The Kier molecular flexibility index (Phi) is 6.83. The van der Waals surface area contributed by atoms with Crippen molar-refractivity contribution in [2.24, 2.45) is 0 Å². The van der Waals surface area contributed by atoms with E-state index in [1.165, 1.54) is 12.1 Å². The maximum absolute atomic E-state index is 12.6. The van der Waals surface area contributed by atoms with Gasteiger partial charge in [-0.2, -0.15) is 13.2 Å². The summed E-state index contributed by atoms with van der Waals surface area (Å²) in [5, 5.41) is 12.3. The molecule has 0 radical (unpaired) electrons. The summed E-state index contributed by atoms with van der Waals surface area (Å²) in [6, 6.07) is 4.41. The van der Waals surface area contributed by atoms with Crippen LogP contribution in [0.5, 0.6) is 0 Å². The highest BCUT2D eigenvalue weighted by atomic mass is 19.4. The van der Waals surface area contributed by atoms with Crippen molar-refractivity contribution in [3.05, 3.63) is 35.4 Å². The first kappa shape index (κ1) is 18.4. The fraction of sp³-hybridized carbons (Fsp3) is 0.533. The second-order valence-corrected chi connectivity index (χ2v) is 5.11. The van der Waals surface area contributed by atoms with Gasteiger partial charge >= 0.3 is 6.18 Å². The van der Waals surface area contributed by atoms with Crippen molar-refractivity contribution in [1.29, 1.82) is 0 Å². The Morgan fingerprint density at radius 2 is 2.05 bits per heavy atom. The quantitative estimate of drug-likeness (QED) is 0.812. The van der Waals surface area contributed by atoms with Crippen molar-refractivity contribution in [3.8, 4) is 0 Å². The van der Waals surface area contributed by atoms with E-state index in [1.807, 2.05) is 13.8 Å². The third kappa shape index (κ3) is 6.44. The van der Waals surface area contributed by atoms with Crippen molar-refractivity contribution in [2.75, 3.05) is 13.2 Å². The topological polar surface area (TPSA) is 58.6 Å². The summed E-state index contributed by atoms with van der Waals surface area (Å²) in [6.45, 7) is 3.79. The Morgan fingerprint density at radius 3 is 2.64 bits per heavy atom. The number of benzene rings is 1. The fourth-order valence-corrected chi connectivity index (χ4v) is 1.73. The lowest BCUT2D eigenvalue weighted by Gasteiger charge is -2.15. The maximum Gasteiger partial charge on any atom is 0.416 e. The summed E-state index contributed by atoms with van der Waals surface area (Å²) in [4.78, 5) is 11.5. The average Bonchev–Trinajstić information content (AvgIpc) is 2.43. The van der Waals surface area contributed by atoms with Gasteiger partial charge in [0.15, 0.2) is 0 Å². The first-order valence-corrected chi connectivity index (χ1v) is 6.93. The lowest BCUT2D eigenvalue weighted by Crippen LogP contribution is -2.29. The van der Waals surface area contributed by atoms with E-state index in [-0.39, 0.29) is 37.1 Å². The van der Waals surface area contributed by atoms with Gasteiger partial charge in [-0.15, -0.1) is 0 Å². The van der Waals surface area contributed by atoms with Gasteiger partial charge in [0.1, 0.15) is 0 Å². The van der Waals surface area contributed by atoms with Gasteiger partial charge in [0.05, 0.1) is 24.4 Å². The standard InChI is InChI=1S/C15H20F3NO3/c1-10(2)22-7-6-14(21)19-9-13(20)11-4-3-5-12(8-11)15(16,17)18/h3-5,8,10,13,20H,6-7,9H2,1-2H3,(H,19,21). The van der Waals surface area contributed by atoms with Crippen LogP contribution in [0.15, 0.2) is 24.3 Å². The predicted octanol–water partition coefficient (Wildman–Crippen LogP) is 2.67. The minimum Gasteiger partial charge on any atom is -0.387 e. The molecule has 0 aliphatic rings. The van der Waals surface area contributed by atoms with E-state index in [1.54, 1.807) is 0 Å². The number of hydrogen-bond donors (Lipinski definition) is 2. The first-order valence-electron chi connectivity index (χ1n) is 6.93. The maximum atomic E-state index is 12.6. The number of hydrogen-bond acceptors (Lipinski definition) is 3. The second-order valence-electron chi connectivity index (χ2n) is 5.11. The SMILES string of the molecule is CC(C)OCCC(=O)NCC(O)c1cccc(C(F)(F)F)c1. The molecule has 1 aromatic rings. The Balaban J connectivity index is 2.48. The Bertz CT molecular complexity index is 489. The van der Waals surface area contributed by atoms with Crippen LogP contribution in [0.4, 0.5) is 13.2 Å². The molecule has 0 saturated heterocycles. The van der Waals surface area contributed by atoms with E-state index in [2.05, 4.69) is 5.32 Å². The largest absolute Gasteiger partial charge is 0.416 e. The van der Waals surface area contributed by atoms with Crippen LogP contribution in [0.2, 0.25) is 0 Å². The zero-order chi connectivity index (χ0) is 16.8. The molecule has 0 heterocycles. The van der Waals surface area contributed by atoms with Gasteiger partial charge in [0.25, 0.3) is 0 Å². The van der Waals surface area contributed by atoms with E-state index < -0.39 is 17.8 Å². The summed E-state index contributed by atoms with van der Waals surface area (Å²) < 4.78 is 43.0. The third-order valence-electron chi connectivity index (χ3n) is 2.87. The molecule has 2 N–H and O–H groups in total. The normalized spacial score (nSPS) is 13.2. The lowest BCUT2D eigenvalue weighted by molar-refractivity contribution is -0.137. The molecule has 124 valence electrons. The zero-order valence-corrected chi connectivity index (χ0v) is 12.5. The number of halogens is 3. The molecule has 0 bridgehead atoms. The summed E-state index contributed by atoms with van der Waals surface area (Å²) in [5.41, 5.74) is -0.728. The average molecular weight is 319 g/mol. The van der Waals surface area contributed by atoms with Crippen molar-refractivity contribution in [1.82, 2.24) is 5.32 Å². The highest BCUT2D eigenvalue weighted by molar-refractivity contribution is 5.76. The molecule has 0 spiro atoms. The van der Waals surface area contributed by atoms with Crippen molar-refractivity contribution >= 4 is 5.91 Å². The van der Waals surface area contributed by atoms with Crippen molar-refractivity contribution in [3.63, 3.8) is 0 Å². The van der Waals surface area contributed by atoms with Gasteiger partial charge in [0.2, 0.25) is 5.91 Å². The molecule has 1 unspecified atom stereocenters. The van der Waals surface area contributed by atoms with E-state index in [0.717, 1.165) is 12.1 Å². The highest BCUT2D eigenvalue weighted by Gasteiger charge is 2.30. The number of ether oxygens (including phenoxy) is 1. The fourth-order valence-electron chi connectivity index (χ4n) is 1.73. The molecule has 0 aliphatic carbocycles. The van der Waals surface area contributed by atoms with Gasteiger partial charge in [-0.25, -0.2) is 0 Å². The molecular weight excluding hydrogens is 299 g/mol. The number of carbonyl (C=O) groups excluding carboxylic acids is 1. The number of nitrogens with one attached hydrogen (secondary N) is 1. The molecule has 1 aromatic carbocycles. The zero-order valence-electron chi connectivity index (χ0n) is 12.5. The van der Waals surface area contributed by atoms with Crippen LogP contribution >= 0.6 is 0 Å². The van der Waals surface area contributed by atoms with Crippen molar-refractivity contribution < 1.29 is 27.8 Å². The van der Waals surface area contributed by atoms with Crippen LogP contribution in [0.1, 0.15) is 37.5 Å². The molecule has 1 atom stereocenters. The Hall–Kier alpha value is -1.60. The van der Waals surface area contributed by atoms with Crippen LogP contribution in [-0.2, 0) is 15.7 Å². The molecule has 1 amide bonds. The number of alkyl halides is 3. The first-order chi connectivity index (χ1) is 10.2. The minimum atomic E-state index is -4.47. The van der Waals surface area contributed by atoms with Gasteiger partial charge in [0, 0.05) is 13.0 Å². The number of rotatable bonds is 7. The van der Waals surface area contributed by atoms with Gasteiger partial charge in [-0.05, 0) is 31.5 Å². The number of amides is 1. The molecule has 7 heteroatoms. The summed E-state index contributed by atoms with van der Waals surface area (Å²) in [5.74, 6) is -0.327. The number of aliphatic hydroxyl groups is 1. The smallest absolute Gasteiger partial charge is 0.387 e. The van der Waals surface area contributed by atoms with Crippen molar-refractivity contribution in [2.45, 2.75) is 38.7 Å². The van der Waals surface area contributed by atoms with E-state index in [4.69, 9.17) is 4.74 Å². The van der Waals surface area contributed by atoms with Crippen LogP contribution in [0.3, 0.4) is 0 Å². The molecule has 0 aliphatic heterocycles. The molecule has 1 rings (SSSR count). The monoisotopic (exact) mass is 319 g/mol. The molecule has 0 fully saturated rings. The molecule has 0 saturated carbocycles. The molecule has 0 aromatic heterocycles. The highest BCUT2D eigenvalue weighted by Crippen LogP contribution is 2.30. The van der Waals surface area contributed by atoms with E-state index >= 15 is 0 Å². The minimum absolute atomic E-state index is 0.0171. The summed E-state index contributed by atoms with van der Waals surface area (Å²) in [7, 11) is 0. The Morgan fingerprint density at radius 1 is 1.36 bits per heavy atom. The van der Waals surface area contributed by atoms with Crippen LogP contribution < -0.4 is 5.32 Å².